The molecule has 90 valence electrons. The van der Waals surface area contributed by atoms with Crippen molar-refractivity contribution in [2.24, 2.45) is 5.73 Å². The molecule has 1 heterocycles. The standard InChI is InChI=1S/C11H11BrFN3S/c12-7-3-4-8(9(13)6-7)11-16-15-10(17-11)2-1-5-14/h3-4,6H,1-2,5,14H2. The second kappa shape index (κ2) is 5.66. The fourth-order valence-electron chi connectivity index (χ4n) is 1.38. The molecule has 1 aromatic heterocycles. The first-order valence-electron chi connectivity index (χ1n) is 5.18. The number of aromatic nitrogens is 2. The Balaban J connectivity index is 2.24. The second-order valence-corrected chi connectivity index (χ2v) is 5.50. The Morgan fingerprint density at radius 1 is 1.35 bits per heavy atom. The summed E-state index contributed by atoms with van der Waals surface area (Å²) in [5, 5.41) is 9.54. The van der Waals surface area contributed by atoms with Gasteiger partial charge in [-0.3, -0.25) is 0 Å². The summed E-state index contributed by atoms with van der Waals surface area (Å²) in [6, 6.07) is 4.92. The van der Waals surface area contributed by atoms with E-state index in [0.717, 1.165) is 17.8 Å². The molecule has 0 aliphatic heterocycles. The molecule has 2 rings (SSSR count). The molecule has 0 atom stereocenters. The van der Waals surface area contributed by atoms with Gasteiger partial charge >= 0.3 is 0 Å². The molecule has 1 aromatic carbocycles. The van der Waals surface area contributed by atoms with Crippen LogP contribution in [0.25, 0.3) is 10.6 Å². The predicted molar refractivity (Wildman–Crippen MR) is 70.4 cm³/mol. The molecule has 0 aliphatic carbocycles. The summed E-state index contributed by atoms with van der Waals surface area (Å²) in [6.45, 7) is 0.627. The lowest BCUT2D eigenvalue weighted by molar-refractivity contribution is 0.630. The van der Waals surface area contributed by atoms with E-state index >= 15 is 0 Å². The van der Waals surface area contributed by atoms with E-state index in [1.165, 1.54) is 17.4 Å². The Kier molecular flexibility index (Phi) is 4.20. The molecule has 0 aliphatic rings. The molecule has 0 unspecified atom stereocenters. The van der Waals surface area contributed by atoms with Crippen molar-refractivity contribution in [1.82, 2.24) is 10.2 Å². The van der Waals surface area contributed by atoms with Crippen LogP contribution in [0.15, 0.2) is 22.7 Å². The van der Waals surface area contributed by atoms with Crippen LogP contribution in [0, 0.1) is 5.82 Å². The molecule has 6 heteroatoms. The Morgan fingerprint density at radius 2 is 2.18 bits per heavy atom. The van der Waals surface area contributed by atoms with Crippen LogP contribution in [0.4, 0.5) is 4.39 Å². The van der Waals surface area contributed by atoms with E-state index in [2.05, 4.69) is 26.1 Å². The number of hydrogen-bond acceptors (Lipinski definition) is 4. The van der Waals surface area contributed by atoms with Crippen LogP contribution in [0.3, 0.4) is 0 Å². The van der Waals surface area contributed by atoms with Gasteiger partial charge in [0.15, 0.2) is 5.01 Å². The lowest BCUT2D eigenvalue weighted by atomic mass is 10.2. The molecule has 2 aromatic rings. The highest BCUT2D eigenvalue weighted by Crippen LogP contribution is 2.28. The van der Waals surface area contributed by atoms with Crippen molar-refractivity contribution < 1.29 is 4.39 Å². The second-order valence-electron chi connectivity index (χ2n) is 3.52. The highest BCUT2D eigenvalue weighted by molar-refractivity contribution is 9.10. The number of halogens is 2. The molecule has 0 fully saturated rings. The monoisotopic (exact) mass is 315 g/mol. The van der Waals surface area contributed by atoms with Gasteiger partial charge < -0.3 is 5.73 Å². The average molecular weight is 316 g/mol. The van der Waals surface area contributed by atoms with E-state index in [0.29, 0.717) is 21.6 Å². The zero-order chi connectivity index (χ0) is 12.3. The first kappa shape index (κ1) is 12.6. The van der Waals surface area contributed by atoms with Crippen molar-refractivity contribution in [3.8, 4) is 10.6 Å². The van der Waals surface area contributed by atoms with E-state index < -0.39 is 0 Å². The molecule has 0 radical (unpaired) electrons. The van der Waals surface area contributed by atoms with Gasteiger partial charge in [0.1, 0.15) is 10.8 Å². The molecule has 17 heavy (non-hydrogen) atoms. The zero-order valence-corrected chi connectivity index (χ0v) is 11.4. The minimum atomic E-state index is -0.291. The first-order chi connectivity index (χ1) is 8.20. The van der Waals surface area contributed by atoms with E-state index in [1.807, 2.05) is 0 Å². The summed E-state index contributed by atoms with van der Waals surface area (Å²) >= 11 is 4.63. The van der Waals surface area contributed by atoms with Gasteiger partial charge in [0.2, 0.25) is 0 Å². The van der Waals surface area contributed by atoms with Crippen molar-refractivity contribution in [3.05, 3.63) is 33.5 Å². The molecular weight excluding hydrogens is 305 g/mol. The summed E-state index contributed by atoms with van der Waals surface area (Å²) in [4.78, 5) is 0. The van der Waals surface area contributed by atoms with E-state index in [1.54, 1.807) is 12.1 Å². The number of hydrogen-bond donors (Lipinski definition) is 1. The Bertz CT molecular complexity index is 515. The average Bonchev–Trinajstić information content (AvgIpc) is 2.75. The van der Waals surface area contributed by atoms with Crippen molar-refractivity contribution in [3.63, 3.8) is 0 Å². The Labute approximate surface area is 111 Å². The van der Waals surface area contributed by atoms with Gasteiger partial charge in [0.05, 0.1) is 0 Å². The van der Waals surface area contributed by atoms with Crippen LogP contribution in [-0.2, 0) is 6.42 Å². The van der Waals surface area contributed by atoms with Gasteiger partial charge in [0.25, 0.3) is 0 Å². The number of benzene rings is 1. The third kappa shape index (κ3) is 3.08. The minimum absolute atomic E-state index is 0.291. The van der Waals surface area contributed by atoms with Crippen molar-refractivity contribution >= 4 is 27.3 Å². The summed E-state index contributed by atoms with van der Waals surface area (Å²) in [5.74, 6) is -0.291. The van der Waals surface area contributed by atoms with Gasteiger partial charge in [-0.05, 0) is 31.2 Å². The van der Waals surface area contributed by atoms with Gasteiger partial charge in [-0.2, -0.15) is 0 Å². The lowest BCUT2D eigenvalue weighted by Crippen LogP contribution is -1.99. The molecular formula is C11H11BrFN3S. The maximum Gasteiger partial charge on any atom is 0.150 e. The third-order valence-electron chi connectivity index (χ3n) is 2.22. The molecule has 0 saturated carbocycles. The van der Waals surface area contributed by atoms with Gasteiger partial charge in [-0.15, -0.1) is 10.2 Å². The van der Waals surface area contributed by atoms with Crippen LogP contribution < -0.4 is 5.73 Å². The number of nitrogens with two attached hydrogens (primary N) is 1. The summed E-state index contributed by atoms with van der Waals surface area (Å²) in [7, 11) is 0. The molecule has 2 N–H and O–H groups in total. The van der Waals surface area contributed by atoms with E-state index in [4.69, 9.17) is 5.73 Å². The Hall–Kier alpha value is -0.850. The van der Waals surface area contributed by atoms with Crippen molar-refractivity contribution in [2.75, 3.05) is 6.54 Å². The fraction of sp³-hybridized carbons (Fsp3) is 0.273. The third-order valence-corrected chi connectivity index (χ3v) is 3.73. The molecule has 0 amide bonds. The minimum Gasteiger partial charge on any atom is -0.330 e. The summed E-state index contributed by atoms with van der Waals surface area (Å²) in [5.41, 5.74) is 5.92. The quantitative estimate of drug-likeness (QED) is 0.943. The maximum atomic E-state index is 13.7. The molecule has 0 bridgehead atoms. The van der Waals surface area contributed by atoms with Gasteiger partial charge in [-0.1, -0.05) is 27.3 Å². The van der Waals surface area contributed by atoms with Gasteiger partial charge in [-0.25, -0.2) is 4.39 Å². The van der Waals surface area contributed by atoms with Crippen LogP contribution in [0.2, 0.25) is 0 Å². The van der Waals surface area contributed by atoms with Crippen molar-refractivity contribution in [2.45, 2.75) is 12.8 Å². The Morgan fingerprint density at radius 3 is 2.88 bits per heavy atom. The first-order valence-corrected chi connectivity index (χ1v) is 6.79. The number of aryl methyl sites for hydroxylation is 1. The number of nitrogens with zero attached hydrogens (tertiary/aromatic N) is 2. The normalized spacial score (nSPS) is 10.8. The van der Waals surface area contributed by atoms with Crippen LogP contribution in [0.1, 0.15) is 11.4 Å². The summed E-state index contributed by atoms with van der Waals surface area (Å²) in [6.07, 6.45) is 1.67. The SMILES string of the molecule is NCCCc1nnc(-c2ccc(Br)cc2F)s1. The van der Waals surface area contributed by atoms with Gasteiger partial charge in [0, 0.05) is 16.5 Å². The maximum absolute atomic E-state index is 13.7. The van der Waals surface area contributed by atoms with Crippen LogP contribution >= 0.6 is 27.3 Å². The highest BCUT2D eigenvalue weighted by Gasteiger charge is 2.11. The highest BCUT2D eigenvalue weighted by atomic mass is 79.9. The van der Waals surface area contributed by atoms with Crippen LogP contribution in [-0.4, -0.2) is 16.7 Å². The molecule has 0 spiro atoms. The fourth-order valence-corrected chi connectivity index (χ4v) is 2.62. The van der Waals surface area contributed by atoms with E-state index in [-0.39, 0.29) is 5.82 Å². The van der Waals surface area contributed by atoms with Crippen molar-refractivity contribution in [1.29, 1.82) is 0 Å². The number of rotatable bonds is 4. The topological polar surface area (TPSA) is 51.8 Å². The van der Waals surface area contributed by atoms with E-state index in [9.17, 15) is 4.39 Å². The molecule has 0 saturated heterocycles. The summed E-state index contributed by atoms with van der Waals surface area (Å²) < 4.78 is 14.4. The predicted octanol–water partition coefficient (Wildman–Crippen LogP) is 3.00. The smallest absolute Gasteiger partial charge is 0.150 e. The van der Waals surface area contributed by atoms with Crippen LogP contribution in [0.5, 0.6) is 0 Å². The largest absolute Gasteiger partial charge is 0.330 e. The zero-order valence-electron chi connectivity index (χ0n) is 8.99. The molecule has 3 nitrogen and oxygen atoms in total. The lowest BCUT2D eigenvalue weighted by Gasteiger charge is -1.98.